The van der Waals surface area contributed by atoms with Gasteiger partial charge in [-0.3, -0.25) is 0 Å². The van der Waals surface area contributed by atoms with E-state index in [4.69, 9.17) is 5.73 Å². The number of hydrogen-bond donors (Lipinski definition) is 2. The van der Waals surface area contributed by atoms with E-state index in [1.165, 1.54) is 6.42 Å². The van der Waals surface area contributed by atoms with Crippen molar-refractivity contribution in [3.63, 3.8) is 0 Å². The average molecular weight is 265 g/mol. The minimum atomic E-state index is -2.49. The summed E-state index contributed by atoms with van der Waals surface area (Å²) in [5.74, 6) is 0. The smallest absolute Gasteiger partial charge is 0.137 e. The standard InChI is InChI=1S/C13H19N3OS/c14-10-3-1-6-13(9-10)18(17,16-12-7-8-12)15-11-4-2-5-11/h1,3,6,9,11-12H,2,4-5,7-8,14H2,(H,15,16,17). The van der Waals surface area contributed by atoms with Gasteiger partial charge in [-0.25, -0.2) is 13.3 Å². The molecule has 2 aliphatic rings. The molecule has 1 aromatic carbocycles. The number of nitrogens with one attached hydrogen (secondary N) is 1. The highest BCUT2D eigenvalue weighted by molar-refractivity contribution is 7.91. The highest BCUT2D eigenvalue weighted by atomic mass is 32.2. The van der Waals surface area contributed by atoms with E-state index >= 15 is 0 Å². The summed E-state index contributed by atoms with van der Waals surface area (Å²) in [6.07, 6.45) is 5.51. The van der Waals surface area contributed by atoms with E-state index in [9.17, 15) is 4.21 Å². The summed E-state index contributed by atoms with van der Waals surface area (Å²) >= 11 is 0. The molecule has 2 aliphatic carbocycles. The Morgan fingerprint density at radius 2 is 2.06 bits per heavy atom. The number of anilines is 1. The maximum atomic E-state index is 13.1. The number of nitrogen functional groups attached to an aromatic ring is 1. The quantitative estimate of drug-likeness (QED) is 0.820. The maximum Gasteiger partial charge on any atom is 0.137 e. The molecule has 0 heterocycles. The van der Waals surface area contributed by atoms with E-state index in [2.05, 4.69) is 9.08 Å². The van der Waals surface area contributed by atoms with Gasteiger partial charge in [0, 0.05) is 11.7 Å². The molecule has 98 valence electrons. The lowest BCUT2D eigenvalue weighted by Gasteiger charge is -2.23. The summed E-state index contributed by atoms with van der Waals surface area (Å²) in [5.41, 5.74) is 6.42. The molecule has 1 unspecified atom stereocenters. The summed E-state index contributed by atoms with van der Waals surface area (Å²) in [6.45, 7) is 0. The number of rotatable bonds is 4. The van der Waals surface area contributed by atoms with Crippen molar-refractivity contribution in [3.05, 3.63) is 24.3 Å². The minimum Gasteiger partial charge on any atom is -0.399 e. The summed E-state index contributed by atoms with van der Waals surface area (Å²) in [6, 6.07) is 7.91. The first-order valence-electron chi connectivity index (χ1n) is 6.55. The highest BCUT2D eigenvalue weighted by Gasteiger charge is 2.29. The molecule has 0 amide bonds. The third kappa shape index (κ3) is 2.52. The second kappa shape index (κ2) is 4.55. The largest absolute Gasteiger partial charge is 0.399 e. The zero-order valence-corrected chi connectivity index (χ0v) is 11.2. The Balaban J connectivity index is 1.97. The van der Waals surface area contributed by atoms with E-state index in [1.54, 1.807) is 6.07 Å². The van der Waals surface area contributed by atoms with Gasteiger partial charge in [-0.05, 0) is 50.3 Å². The van der Waals surface area contributed by atoms with Gasteiger partial charge in [0.05, 0.1) is 10.9 Å². The van der Waals surface area contributed by atoms with Crippen molar-refractivity contribution in [2.75, 3.05) is 5.73 Å². The van der Waals surface area contributed by atoms with Crippen molar-refractivity contribution in [1.29, 1.82) is 0 Å². The molecule has 3 rings (SSSR count). The maximum absolute atomic E-state index is 13.1. The number of nitrogens with zero attached hydrogens (tertiary/aromatic N) is 1. The highest BCUT2D eigenvalue weighted by Crippen LogP contribution is 2.28. The van der Waals surface area contributed by atoms with Gasteiger partial charge in [0.25, 0.3) is 0 Å². The topological polar surface area (TPSA) is 67.5 Å². The van der Waals surface area contributed by atoms with Crippen LogP contribution in [0.25, 0.3) is 0 Å². The third-order valence-electron chi connectivity index (χ3n) is 3.45. The molecule has 0 aromatic heterocycles. The van der Waals surface area contributed by atoms with Crippen LogP contribution in [0.15, 0.2) is 33.5 Å². The van der Waals surface area contributed by atoms with Crippen LogP contribution in [-0.4, -0.2) is 16.3 Å². The average Bonchev–Trinajstić information content (AvgIpc) is 3.08. The Labute approximate surface area is 108 Å². The van der Waals surface area contributed by atoms with Crippen LogP contribution < -0.4 is 10.5 Å². The first-order valence-corrected chi connectivity index (χ1v) is 8.06. The Kier molecular flexibility index (Phi) is 3.03. The molecular formula is C13H19N3OS. The number of hydrogen-bond acceptors (Lipinski definition) is 3. The van der Waals surface area contributed by atoms with Gasteiger partial charge >= 0.3 is 0 Å². The second-order valence-corrected chi connectivity index (χ2v) is 7.15. The fourth-order valence-corrected chi connectivity index (χ4v) is 4.17. The summed E-state index contributed by atoms with van der Waals surface area (Å²) < 4.78 is 20.8. The lowest BCUT2D eigenvalue weighted by Crippen LogP contribution is -2.29. The van der Waals surface area contributed by atoms with Crippen LogP contribution in [0.4, 0.5) is 5.69 Å². The normalized spacial score (nSPS) is 23.1. The van der Waals surface area contributed by atoms with Crippen molar-refractivity contribution < 1.29 is 4.21 Å². The fourth-order valence-electron chi connectivity index (χ4n) is 1.98. The molecule has 2 fully saturated rings. The molecule has 0 spiro atoms. The Hall–Kier alpha value is -1.07. The molecule has 2 saturated carbocycles. The van der Waals surface area contributed by atoms with Crippen LogP contribution in [0.2, 0.25) is 0 Å². The molecule has 5 heteroatoms. The molecule has 1 atom stereocenters. The molecule has 0 radical (unpaired) electrons. The monoisotopic (exact) mass is 265 g/mol. The van der Waals surface area contributed by atoms with Crippen LogP contribution >= 0.6 is 0 Å². The Morgan fingerprint density at radius 1 is 1.28 bits per heavy atom. The van der Waals surface area contributed by atoms with Crippen molar-refractivity contribution in [2.45, 2.75) is 49.1 Å². The van der Waals surface area contributed by atoms with Crippen molar-refractivity contribution in [3.8, 4) is 0 Å². The van der Waals surface area contributed by atoms with Crippen molar-refractivity contribution >= 4 is 15.6 Å². The van der Waals surface area contributed by atoms with Crippen LogP contribution in [0.5, 0.6) is 0 Å². The van der Waals surface area contributed by atoms with Gasteiger partial charge in [0.15, 0.2) is 0 Å². The zero-order valence-electron chi connectivity index (χ0n) is 10.3. The fraction of sp³-hybridized carbons (Fsp3) is 0.538. The van der Waals surface area contributed by atoms with Gasteiger partial charge in [-0.15, -0.1) is 0 Å². The van der Waals surface area contributed by atoms with Gasteiger partial charge < -0.3 is 5.73 Å². The molecule has 18 heavy (non-hydrogen) atoms. The van der Waals surface area contributed by atoms with Gasteiger partial charge in [0.1, 0.15) is 9.92 Å². The van der Waals surface area contributed by atoms with Gasteiger partial charge in [-0.1, -0.05) is 6.07 Å². The lowest BCUT2D eigenvalue weighted by molar-refractivity contribution is 0.421. The van der Waals surface area contributed by atoms with E-state index in [1.807, 2.05) is 18.2 Å². The predicted octanol–water partition coefficient (Wildman–Crippen LogP) is 2.32. The summed E-state index contributed by atoms with van der Waals surface area (Å²) in [4.78, 5) is 0.723. The van der Waals surface area contributed by atoms with E-state index in [0.29, 0.717) is 11.7 Å². The van der Waals surface area contributed by atoms with Gasteiger partial charge in [0.2, 0.25) is 0 Å². The zero-order chi connectivity index (χ0) is 12.6. The number of nitrogens with two attached hydrogens (primary N) is 1. The Bertz CT molecular complexity index is 555. The first-order chi connectivity index (χ1) is 8.66. The minimum absolute atomic E-state index is 0.255. The van der Waals surface area contributed by atoms with Crippen molar-refractivity contribution in [1.82, 2.24) is 4.72 Å². The molecule has 4 nitrogen and oxygen atoms in total. The number of benzene rings is 1. The van der Waals surface area contributed by atoms with E-state index in [0.717, 1.165) is 30.6 Å². The first kappa shape index (κ1) is 12.0. The lowest BCUT2D eigenvalue weighted by atomic mass is 9.95. The van der Waals surface area contributed by atoms with Crippen LogP contribution in [-0.2, 0) is 9.92 Å². The predicted molar refractivity (Wildman–Crippen MR) is 73.5 cm³/mol. The molecule has 0 aliphatic heterocycles. The van der Waals surface area contributed by atoms with Crippen LogP contribution in [0, 0.1) is 0 Å². The SMILES string of the molecule is Nc1cccc(S(=O)(=NC2CCC2)NC2CC2)c1. The van der Waals surface area contributed by atoms with E-state index < -0.39 is 9.92 Å². The Morgan fingerprint density at radius 3 is 2.61 bits per heavy atom. The van der Waals surface area contributed by atoms with E-state index in [-0.39, 0.29) is 6.04 Å². The third-order valence-corrected chi connectivity index (χ3v) is 5.59. The molecule has 0 saturated heterocycles. The second-order valence-electron chi connectivity index (χ2n) is 5.18. The summed E-state index contributed by atoms with van der Waals surface area (Å²) in [7, 11) is -2.49. The van der Waals surface area contributed by atoms with Crippen LogP contribution in [0.3, 0.4) is 0 Å². The molecule has 1 aromatic rings. The molecular weight excluding hydrogens is 246 g/mol. The summed E-state index contributed by atoms with van der Waals surface area (Å²) in [5, 5.41) is 0. The molecule has 3 N–H and O–H groups in total. The molecule has 0 bridgehead atoms. The van der Waals surface area contributed by atoms with Gasteiger partial charge in [-0.2, -0.15) is 0 Å². The van der Waals surface area contributed by atoms with Crippen molar-refractivity contribution in [2.24, 2.45) is 4.36 Å². The van der Waals surface area contributed by atoms with Crippen LogP contribution in [0.1, 0.15) is 32.1 Å².